The number of carbonyl (C=O) groups is 2. The molecule has 0 aliphatic heterocycles. The zero-order valence-electron chi connectivity index (χ0n) is 10.2. The van der Waals surface area contributed by atoms with Crippen LogP contribution in [0.2, 0.25) is 0 Å². The first-order valence-corrected chi connectivity index (χ1v) is 5.60. The molecule has 0 bridgehead atoms. The number of aromatic amines is 1. The molecule has 0 saturated carbocycles. The average molecular weight is 264 g/mol. The highest BCUT2D eigenvalue weighted by Gasteiger charge is 2.21. The number of rotatable bonds is 5. The summed E-state index contributed by atoms with van der Waals surface area (Å²) in [5.74, 6) is -1.11. The van der Waals surface area contributed by atoms with Crippen LogP contribution in [0.15, 0.2) is 23.2 Å². The molecule has 2 rings (SSSR count). The summed E-state index contributed by atoms with van der Waals surface area (Å²) >= 11 is 0. The fourth-order valence-corrected chi connectivity index (χ4v) is 1.41. The van der Waals surface area contributed by atoms with Crippen molar-refractivity contribution >= 4 is 11.9 Å². The Bertz CT molecular complexity index is 561. The molecule has 8 nitrogen and oxygen atoms in total. The maximum atomic E-state index is 11.9. The normalized spacial score (nSPS) is 10.2. The lowest BCUT2D eigenvalue weighted by Crippen LogP contribution is -2.25. The van der Waals surface area contributed by atoms with Gasteiger partial charge in [-0.25, -0.2) is 9.78 Å². The lowest BCUT2D eigenvalue weighted by Gasteiger charge is -2.03. The van der Waals surface area contributed by atoms with Crippen molar-refractivity contribution in [1.82, 2.24) is 20.4 Å². The van der Waals surface area contributed by atoms with Gasteiger partial charge in [0.15, 0.2) is 11.4 Å². The van der Waals surface area contributed by atoms with Gasteiger partial charge in [0.2, 0.25) is 0 Å². The lowest BCUT2D eigenvalue weighted by atomic mass is 10.3. The van der Waals surface area contributed by atoms with Crippen LogP contribution in [0.1, 0.15) is 33.6 Å². The Hall–Kier alpha value is -2.64. The Morgan fingerprint density at radius 1 is 1.53 bits per heavy atom. The summed E-state index contributed by atoms with van der Waals surface area (Å²) in [4.78, 5) is 29.8. The number of hydrogen-bond donors (Lipinski definition) is 2. The van der Waals surface area contributed by atoms with Crippen molar-refractivity contribution in [2.24, 2.45) is 0 Å². The molecule has 0 aliphatic rings. The molecule has 2 heterocycles. The molecule has 2 aromatic rings. The molecule has 0 aliphatic carbocycles. The Labute approximate surface area is 108 Å². The van der Waals surface area contributed by atoms with E-state index in [1.54, 1.807) is 13.0 Å². The van der Waals surface area contributed by atoms with Crippen molar-refractivity contribution < 1.29 is 18.8 Å². The molecular formula is C11H12N4O4. The van der Waals surface area contributed by atoms with Crippen molar-refractivity contribution in [3.8, 4) is 0 Å². The van der Waals surface area contributed by atoms with Crippen LogP contribution in [-0.4, -0.2) is 33.6 Å². The van der Waals surface area contributed by atoms with Gasteiger partial charge in [-0.2, -0.15) is 0 Å². The number of hydrogen-bond acceptors (Lipinski definition) is 6. The van der Waals surface area contributed by atoms with Gasteiger partial charge in [-0.1, -0.05) is 5.16 Å². The predicted molar refractivity (Wildman–Crippen MR) is 62.2 cm³/mol. The fourth-order valence-electron chi connectivity index (χ4n) is 1.41. The van der Waals surface area contributed by atoms with Crippen molar-refractivity contribution in [2.45, 2.75) is 13.5 Å². The Balaban J connectivity index is 2.03. The van der Waals surface area contributed by atoms with E-state index < -0.39 is 11.9 Å². The summed E-state index contributed by atoms with van der Waals surface area (Å²) < 4.78 is 9.44. The fraction of sp³-hybridized carbons (Fsp3) is 0.273. The lowest BCUT2D eigenvalue weighted by molar-refractivity contribution is 0.0516. The second-order valence-corrected chi connectivity index (χ2v) is 3.52. The monoisotopic (exact) mass is 264 g/mol. The first kappa shape index (κ1) is 12.8. The van der Waals surface area contributed by atoms with Gasteiger partial charge in [0.1, 0.15) is 12.0 Å². The van der Waals surface area contributed by atoms with E-state index in [4.69, 9.17) is 4.74 Å². The van der Waals surface area contributed by atoms with Crippen molar-refractivity contribution in [3.63, 3.8) is 0 Å². The van der Waals surface area contributed by atoms with Gasteiger partial charge in [-0.05, 0) is 6.92 Å². The average Bonchev–Trinajstić information content (AvgIpc) is 3.07. The van der Waals surface area contributed by atoms with E-state index in [-0.39, 0.29) is 24.5 Å². The van der Waals surface area contributed by atoms with Crippen molar-refractivity contribution in [1.29, 1.82) is 0 Å². The first-order valence-electron chi connectivity index (χ1n) is 5.60. The third kappa shape index (κ3) is 2.97. The molecular weight excluding hydrogens is 252 g/mol. The summed E-state index contributed by atoms with van der Waals surface area (Å²) in [6.45, 7) is 2.08. The van der Waals surface area contributed by atoms with Crippen LogP contribution in [0.4, 0.5) is 0 Å². The molecule has 0 atom stereocenters. The second-order valence-electron chi connectivity index (χ2n) is 3.52. The minimum Gasteiger partial charge on any atom is -0.461 e. The molecule has 2 N–H and O–H groups in total. The van der Waals surface area contributed by atoms with Crippen LogP contribution < -0.4 is 5.32 Å². The number of imidazole rings is 1. The number of amides is 1. The molecule has 0 radical (unpaired) electrons. The van der Waals surface area contributed by atoms with Gasteiger partial charge >= 0.3 is 5.97 Å². The maximum absolute atomic E-state index is 11.9. The smallest absolute Gasteiger partial charge is 0.357 e. The first-order chi connectivity index (χ1) is 9.22. The van der Waals surface area contributed by atoms with Crippen LogP contribution in [0.25, 0.3) is 0 Å². The van der Waals surface area contributed by atoms with Crippen molar-refractivity contribution in [2.75, 3.05) is 6.61 Å². The van der Waals surface area contributed by atoms with Gasteiger partial charge in [-0.15, -0.1) is 0 Å². The molecule has 0 spiro atoms. The molecule has 0 aromatic carbocycles. The van der Waals surface area contributed by atoms with Gasteiger partial charge in [-0.3, -0.25) is 4.79 Å². The van der Waals surface area contributed by atoms with E-state index in [0.29, 0.717) is 5.69 Å². The van der Waals surface area contributed by atoms with Crippen molar-refractivity contribution in [3.05, 3.63) is 35.7 Å². The minimum atomic E-state index is -0.619. The van der Waals surface area contributed by atoms with E-state index in [1.807, 2.05) is 0 Å². The Morgan fingerprint density at radius 2 is 2.37 bits per heavy atom. The van der Waals surface area contributed by atoms with E-state index in [1.165, 1.54) is 12.6 Å². The number of carbonyl (C=O) groups excluding carboxylic acids is 2. The zero-order valence-corrected chi connectivity index (χ0v) is 10.2. The molecule has 0 saturated heterocycles. The summed E-state index contributed by atoms with van der Waals surface area (Å²) in [6.07, 6.45) is 2.66. The molecule has 1 amide bonds. The number of nitrogens with zero attached hydrogens (tertiary/aromatic N) is 2. The standard InChI is InChI=1S/C11H12N4O4/c1-2-18-11(17)9-8(13-6-14-9)10(16)12-5-7-3-4-19-15-7/h3-4,6H,2,5H2,1H3,(H,12,16)(H,13,14). The number of aromatic nitrogens is 3. The third-order valence-electron chi connectivity index (χ3n) is 2.26. The van der Waals surface area contributed by atoms with Gasteiger partial charge in [0, 0.05) is 6.07 Å². The summed E-state index contributed by atoms with van der Waals surface area (Å²) in [5, 5.41) is 6.22. The van der Waals surface area contributed by atoms with Crippen LogP contribution in [0.5, 0.6) is 0 Å². The van der Waals surface area contributed by atoms with E-state index in [0.717, 1.165) is 0 Å². The van der Waals surface area contributed by atoms with Crippen LogP contribution >= 0.6 is 0 Å². The van der Waals surface area contributed by atoms with E-state index >= 15 is 0 Å². The highest BCUT2D eigenvalue weighted by Crippen LogP contribution is 2.05. The Kier molecular flexibility index (Phi) is 3.91. The quantitative estimate of drug-likeness (QED) is 0.761. The van der Waals surface area contributed by atoms with Gasteiger partial charge < -0.3 is 19.6 Å². The molecule has 0 unspecified atom stereocenters. The molecule has 8 heteroatoms. The maximum Gasteiger partial charge on any atom is 0.357 e. The number of esters is 1. The summed E-state index contributed by atoms with van der Waals surface area (Å²) in [5.41, 5.74) is 0.586. The molecule has 19 heavy (non-hydrogen) atoms. The van der Waals surface area contributed by atoms with E-state index in [2.05, 4.69) is 25.0 Å². The number of H-pyrrole nitrogens is 1. The third-order valence-corrected chi connectivity index (χ3v) is 2.26. The van der Waals surface area contributed by atoms with Crippen LogP contribution in [-0.2, 0) is 11.3 Å². The predicted octanol–water partition coefficient (Wildman–Crippen LogP) is 0.504. The number of ether oxygens (including phenoxy) is 1. The second kappa shape index (κ2) is 5.80. The SMILES string of the molecule is CCOC(=O)c1[nH]cnc1C(=O)NCc1ccon1. The van der Waals surface area contributed by atoms with Crippen LogP contribution in [0.3, 0.4) is 0 Å². The summed E-state index contributed by atoms with van der Waals surface area (Å²) in [6, 6.07) is 1.62. The molecule has 2 aromatic heterocycles. The highest BCUT2D eigenvalue weighted by atomic mass is 16.5. The zero-order chi connectivity index (χ0) is 13.7. The number of nitrogens with one attached hydrogen (secondary N) is 2. The summed E-state index contributed by atoms with van der Waals surface area (Å²) in [7, 11) is 0. The highest BCUT2D eigenvalue weighted by molar-refractivity contribution is 6.02. The van der Waals surface area contributed by atoms with Crippen LogP contribution in [0, 0.1) is 0 Å². The topological polar surface area (TPSA) is 110 Å². The largest absolute Gasteiger partial charge is 0.461 e. The molecule has 0 fully saturated rings. The minimum absolute atomic E-state index is 0.0121. The Morgan fingerprint density at radius 3 is 3.05 bits per heavy atom. The van der Waals surface area contributed by atoms with Gasteiger partial charge in [0.05, 0.1) is 19.5 Å². The van der Waals surface area contributed by atoms with E-state index in [9.17, 15) is 9.59 Å². The van der Waals surface area contributed by atoms with Gasteiger partial charge in [0.25, 0.3) is 5.91 Å². The molecule has 100 valence electrons.